The van der Waals surface area contributed by atoms with Crippen molar-refractivity contribution in [2.45, 2.75) is 116 Å². The maximum atomic E-state index is 2.61. The first-order chi connectivity index (χ1) is 9.44. The van der Waals surface area contributed by atoms with Gasteiger partial charge in [-0.05, 0) is 28.1 Å². The van der Waals surface area contributed by atoms with Crippen LogP contribution >= 0.6 is 0 Å². The lowest BCUT2D eigenvalue weighted by Crippen LogP contribution is -2.51. The van der Waals surface area contributed by atoms with Gasteiger partial charge < -0.3 is 0 Å². The molecule has 0 spiro atoms. The molecule has 0 bridgehead atoms. The van der Waals surface area contributed by atoms with Crippen LogP contribution < -0.4 is 0 Å². The van der Waals surface area contributed by atoms with Gasteiger partial charge in [0.1, 0.15) is 0 Å². The summed E-state index contributed by atoms with van der Waals surface area (Å²) in [7, 11) is -1.23. The summed E-state index contributed by atoms with van der Waals surface area (Å²) < 4.78 is 0. The van der Waals surface area contributed by atoms with Gasteiger partial charge in [0.05, 0.1) is 8.07 Å². The zero-order valence-electron chi connectivity index (χ0n) is 15.3. The highest BCUT2D eigenvalue weighted by Crippen LogP contribution is 2.57. The quantitative estimate of drug-likeness (QED) is 0.429. The zero-order chi connectivity index (χ0) is 15.3. The summed E-state index contributed by atoms with van der Waals surface area (Å²) in [5.41, 5.74) is 4.13. The third kappa shape index (κ3) is 3.34. The van der Waals surface area contributed by atoms with Crippen molar-refractivity contribution in [3.05, 3.63) is 0 Å². The highest BCUT2D eigenvalue weighted by Gasteiger charge is 2.51. The van der Waals surface area contributed by atoms with Crippen molar-refractivity contribution >= 4 is 8.07 Å². The van der Waals surface area contributed by atoms with E-state index >= 15 is 0 Å². The van der Waals surface area contributed by atoms with Gasteiger partial charge in [-0.1, -0.05) is 93.4 Å². The predicted molar refractivity (Wildman–Crippen MR) is 96.3 cm³/mol. The van der Waals surface area contributed by atoms with Gasteiger partial charge in [0.15, 0.2) is 0 Å². The minimum atomic E-state index is -1.23. The van der Waals surface area contributed by atoms with Crippen LogP contribution in [0.3, 0.4) is 0 Å². The average molecular weight is 297 g/mol. The summed E-state index contributed by atoms with van der Waals surface area (Å²) in [6.07, 6.45) is 10.3. The fraction of sp³-hybridized carbons (Fsp3) is 1.00. The third-order valence-corrected chi connectivity index (χ3v) is 15.5. The van der Waals surface area contributed by atoms with Gasteiger partial charge in [0.2, 0.25) is 0 Å². The van der Waals surface area contributed by atoms with E-state index in [0.717, 1.165) is 28.1 Å². The summed E-state index contributed by atoms with van der Waals surface area (Å²) in [6.45, 7) is 17.6. The Kier molecular flexibility index (Phi) is 7.32. The molecule has 1 aliphatic carbocycles. The molecule has 0 aliphatic heterocycles. The highest BCUT2D eigenvalue weighted by atomic mass is 28.3. The van der Waals surface area contributed by atoms with E-state index in [1.54, 1.807) is 12.8 Å². The Morgan fingerprint density at radius 2 is 1.10 bits per heavy atom. The van der Waals surface area contributed by atoms with Gasteiger partial charge in [0.25, 0.3) is 0 Å². The lowest BCUT2D eigenvalue weighted by atomic mass is 9.90. The molecule has 1 rings (SSSR count). The van der Waals surface area contributed by atoms with Crippen LogP contribution in [0.25, 0.3) is 0 Å². The maximum absolute atomic E-state index is 2.61. The number of hydrogen-bond donors (Lipinski definition) is 0. The average Bonchev–Trinajstić information content (AvgIpc) is 2.48. The molecule has 0 saturated heterocycles. The molecule has 1 fully saturated rings. The van der Waals surface area contributed by atoms with Gasteiger partial charge in [0, 0.05) is 0 Å². The van der Waals surface area contributed by atoms with Crippen molar-refractivity contribution in [1.82, 2.24) is 0 Å². The zero-order valence-corrected chi connectivity index (χ0v) is 16.3. The van der Waals surface area contributed by atoms with E-state index in [1.807, 2.05) is 0 Å². The first-order valence-electron chi connectivity index (χ1n) is 9.44. The second-order valence-electron chi connectivity index (χ2n) is 7.88. The van der Waals surface area contributed by atoms with Gasteiger partial charge in [-0.25, -0.2) is 0 Å². The normalized spacial score (nSPS) is 31.4. The molecule has 0 nitrogen and oxygen atoms in total. The van der Waals surface area contributed by atoms with Crippen LogP contribution in [-0.4, -0.2) is 8.07 Å². The molecule has 0 aromatic carbocycles. The van der Waals surface area contributed by atoms with Crippen molar-refractivity contribution in [3.63, 3.8) is 0 Å². The molecule has 20 heavy (non-hydrogen) atoms. The SMILES string of the molecule is CCC(C)[Si](C(C)CC)(C(C)CC)C1CCC(C)CC1. The number of hydrogen-bond acceptors (Lipinski definition) is 0. The predicted octanol–water partition coefficient (Wildman–Crippen LogP) is 7.42. The van der Waals surface area contributed by atoms with Crippen molar-refractivity contribution in [2.75, 3.05) is 0 Å². The molecule has 0 aromatic heterocycles. The maximum Gasteiger partial charge on any atom is 0.0651 e. The molecule has 0 aromatic rings. The van der Waals surface area contributed by atoms with E-state index in [4.69, 9.17) is 0 Å². The second-order valence-corrected chi connectivity index (χ2v) is 13.7. The van der Waals surface area contributed by atoms with E-state index < -0.39 is 8.07 Å². The Hall–Kier alpha value is 0.217. The second kappa shape index (κ2) is 8.01. The first kappa shape index (κ1) is 18.3. The topological polar surface area (TPSA) is 0 Å². The Bertz CT molecular complexity index is 238. The standard InChI is InChI=1S/C19H40Si/c1-8-16(5)20(17(6)9-2,18(7)10-3)19-13-11-15(4)12-14-19/h15-19H,8-14H2,1-7H3. The van der Waals surface area contributed by atoms with E-state index in [0.29, 0.717) is 0 Å². The molecule has 0 N–H and O–H groups in total. The van der Waals surface area contributed by atoms with Crippen LogP contribution in [0.1, 0.15) is 93.4 Å². The molecular weight excluding hydrogens is 256 g/mol. The summed E-state index contributed by atoms with van der Waals surface area (Å²) in [5.74, 6) is 0.990. The Labute approximate surface area is 130 Å². The van der Waals surface area contributed by atoms with Gasteiger partial charge in [-0.15, -0.1) is 0 Å². The molecule has 1 saturated carbocycles. The van der Waals surface area contributed by atoms with Crippen molar-refractivity contribution in [1.29, 1.82) is 0 Å². The summed E-state index contributed by atoms with van der Waals surface area (Å²) >= 11 is 0. The van der Waals surface area contributed by atoms with Crippen molar-refractivity contribution < 1.29 is 0 Å². The largest absolute Gasteiger partial charge is 0.0654 e. The minimum absolute atomic E-state index is 0.990. The molecular formula is C19H40Si. The molecule has 3 unspecified atom stereocenters. The van der Waals surface area contributed by atoms with E-state index in [2.05, 4.69) is 48.5 Å². The summed E-state index contributed by atoms with van der Waals surface area (Å²) in [4.78, 5) is 0. The van der Waals surface area contributed by atoms with Crippen LogP contribution in [0.5, 0.6) is 0 Å². The van der Waals surface area contributed by atoms with Crippen LogP contribution in [0.2, 0.25) is 22.2 Å². The van der Waals surface area contributed by atoms with E-state index in [1.165, 1.54) is 32.1 Å². The summed E-state index contributed by atoms with van der Waals surface area (Å²) in [6, 6.07) is 0. The van der Waals surface area contributed by atoms with Crippen molar-refractivity contribution in [3.8, 4) is 0 Å². The van der Waals surface area contributed by atoms with Crippen LogP contribution in [0.4, 0.5) is 0 Å². The summed E-state index contributed by atoms with van der Waals surface area (Å²) in [5, 5.41) is 0. The Balaban J connectivity index is 3.14. The Morgan fingerprint density at radius 1 is 0.750 bits per heavy atom. The molecule has 1 heteroatoms. The molecule has 120 valence electrons. The van der Waals surface area contributed by atoms with E-state index in [9.17, 15) is 0 Å². The highest BCUT2D eigenvalue weighted by molar-refractivity contribution is 6.85. The first-order valence-corrected chi connectivity index (χ1v) is 11.8. The Morgan fingerprint density at radius 3 is 1.40 bits per heavy atom. The molecule has 0 amide bonds. The molecule has 3 atom stereocenters. The van der Waals surface area contributed by atoms with Gasteiger partial charge in [-0.3, -0.25) is 0 Å². The fourth-order valence-corrected chi connectivity index (χ4v) is 14.3. The molecule has 0 radical (unpaired) electrons. The fourth-order valence-electron chi connectivity index (χ4n) is 5.48. The lowest BCUT2D eigenvalue weighted by molar-refractivity contribution is 0.369. The van der Waals surface area contributed by atoms with Crippen LogP contribution in [-0.2, 0) is 0 Å². The van der Waals surface area contributed by atoms with Gasteiger partial charge >= 0.3 is 0 Å². The lowest BCUT2D eigenvalue weighted by Gasteiger charge is -2.53. The minimum Gasteiger partial charge on any atom is -0.0654 e. The van der Waals surface area contributed by atoms with Gasteiger partial charge in [-0.2, -0.15) is 0 Å². The van der Waals surface area contributed by atoms with Crippen LogP contribution in [0, 0.1) is 5.92 Å². The number of rotatable bonds is 7. The van der Waals surface area contributed by atoms with E-state index in [-0.39, 0.29) is 0 Å². The smallest absolute Gasteiger partial charge is 0.0651 e. The third-order valence-electron chi connectivity index (χ3n) is 7.12. The molecule has 1 aliphatic rings. The molecule has 0 heterocycles. The monoisotopic (exact) mass is 296 g/mol. The van der Waals surface area contributed by atoms with Crippen LogP contribution in [0.15, 0.2) is 0 Å². The van der Waals surface area contributed by atoms with Crippen molar-refractivity contribution in [2.24, 2.45) is 5.92 Å².